The number of rotatable bonds is 8. The van der Waals surface area contributed by atoms with Gasteiger partial charge in [-0.25, -0.2) is 4.98 Å². The van der Waals surface area contributed by atoms with E-state index in [1.807, 2.05) is 44.2 Å². The summed E-state index contributed by atoms with van der Waals surface area (Å²) >= 11 is 9.81. The summed E-state index contributed by atoms with van der Waals surface area (Å²) in [6.45, 7) is 6.45. The van der Waals surface area contributed by atoms with Crippen LogP contribution in [0.4, 0.5) is 0 Å². The average molecular weight is 569 g/mol. The van der Waals surface area contributed by atoms with Crippen LogP contribution in [-0.2, 0) is 6.61 Å². The summed E-state index contributed by atoms with van der Waals surface area (Å²) in [4.78, 5) is 18.2. The third kappa shape index (κ3) is 5.63. The molecule has 1 heterocycles. The number of hydrogen-bond acceptors (Lipinski definition) is 5. The molecule has 0 bridgehead atoms. The molecule has 0 spiro atoms. The SMILES string of the molecule is CC[C@@H](C)c1nc2ccc(Br)cc2c(=O)n1N=Cc1cc(Cl)cc(OC)c1OCc1cccc(C)c1. The van der Waals surface area contributed by atoms with Crippen LogP contribution in [0.5, 0.6) is 11.5 Å². The van der Waals surface area contributed by atoms with Crippen LogP contribution in [-0.4, -0.2) is 23.0 Å². The van der Waals surface area contributed by atoms with E-state index < -0.39 is 0 Å². The van der Waals surface area contributed by atoms with Crippen molar-refractivity contribution < 1.29 is 9.47 Å². The van der Waals surface area contributed by atoms with Gasteiger partial charge in [0.05, 0.1) is 24.2 Å². The zero-order chi connectivity index (χ0) is 25.8. The summed E-state index contributed by atoms with van der Waals surface area (Å²) in [5.41, 5.74) is 3.15. The highest BCUT2D eigenvalue weighted by molar-refractivity contribution is 9.10. The van der Waals surface area contributed by atoms with Gasteiger partial charge in [0.15, 0.2) is 11.5 Å². The predicted octanol–water partition coefficient (Wildman–Crippen LogP) is 7.10. The van der Waals surface area contributed by atoms with Gasteiger partial charge in [0.1, 0.15) is 12.4 Å². The fourth-order valence-electron chi connectivity index (χ4n) is 3.85. The Bertz CT molecular complexity index is 1500. The van der Waals surface area contributed by atoms with Crippen LogP contribution in [0.2, 0.25) is 5.02 Å². The summed E-state index contributed by atoms with van der Waals surface area (Å²) in [6.07, 6.45) is 2.37. The lowest BCUT2D eigenvalue weighted by Crippen LogP contribution is -2.23. The number of nitrogens with zero attached hydrogens (tertiary/aromatic N) is 3. The number of aryl methyl sites for hydroxylation is 1. The molecule has 0 N–H and O–H groups in total. The lowest BCUT2D eigenvalue weighted by molar-refractivity contribution is 0.284. The van der Waals surface area contributed by atoms with E-state index in [2.05, 4.69) is 34.0 Å². The van der Waals surface area contributed by atoms with Crippen LogP contribution in [0.25, 0.3) is 10.9 Å². The Labute approximate surface area is 223 Å². The topological polar surface area (TPSA) is 65.7 Å². The van der Waals surface area contributed by atoms with Crippen molar-refractivity contribution in [3.05, 3.63) is 97.0 Å². The van der Waals surface area contributed by atoms with Crippen molar-refractivity contribution in [3.8, 4) is 11.5 Å². The summed E-state index contributed by atoms with van der Waals surface area (Å²) in [5, 5.41) is 5.52. The standard InChI is InChI=1S/C28H27BrClN3O3/c1-5-18(3)27-32-24-10-9-21(29)13-23(24)28(34)33(27)31-15-20-12-22(30)14-25(35-4)26(20)36-16-19-8-6-7-17(2)11-19/h6-15,18H,5,16H2,1-4H3/t18-/m1/s1. The van der Waals surface area contributed by atoms with Crippen molar-refractivity contribution in [1.82, 2.24) is 9.66 Å². The molecule has 4 rings (SSSR count). The molecule has 1 atom stereocenters. The van der Waals surface area contributed by atoms with Gasteiger partial charge in [0.25, 0.3) is 5.56 Å². The van der Waals surface area contributed by atoms with Crippen LogP contribution in [0.3, 0.4) is 0 Å². The number of fused-ring (bicyclic) bond motifs is 1. The molecule has 0 saturated carbocycles. The third-order valence-corrected chi connectivity index (χ3v) is 6.64. The van der Waals surface area contributed by atoms with Gasteiger partial charge in [-0.3, -0.25) is 4.79 Å². The molecule has 0 unspecified atom stereocenters. The van der Waals surface area contributed by atoms with Crippen LogP contribution >= 0.6 is 27.5 Å². The number of benzene rings is 3. The maximum absolute atomic E-state index is 13.5. The lowest BCUT2D eigenvalue weighted by Gasteiger charge is -2.16. The van der Waals surface area contributed by atoms with Crippen molar-refractivity contribution in [2.24, 2.45) is 5.10 Å². The Balaban J connectivity index is 1.81. The summed E-state index contributed by atoms with van der Waals surface area (Å²) in [6, 6.07) is 17.0. The molecule has 3 aromatic carbocycles. The fourth-order valence-corrected chi connectivity index (χ4v) is 4.42. The van der Waals surface area contributed by atoms with Crippen LogP contribution < -0.4 is 15.0 Å². The smallest absolute Gasteiger partial charge is 0.282 e. The van der Waals surface area contributed by atoms with E-state index in [9.17, 15) is 4.79 Å². The second kappa shape index (κ2) is 11.3. The van der Waals surface area contributed by atoms with Crippen molar-refractivity contribution in [2.45, 2.75) is 39.7 Å². The number of methoxy groups -OCH3 is 1. The number of ether oxygens (including phenoxy) is 2. The molecule has 0 amide bonds. The van der Waals surface area contributed by atoms with E-state index in [-0.39, 0.29) is 11.5 Å². The first-order valence-electron chi connectivity index (χ1n) is 11.6. The number of aromatic nitrogens is 2. The van der Waals surface area contributed by atoms with E-state index in [0.29, 0.717) is 45.4 Å². The van der Waals surface area contributed by atoms with Crippen molar-refractivity contribution in [1.29, 1.82) is 0 Å². The molecule has 186 valence electrons. The van der Waals surface area contributed by atoms with E-state index in [4.69, 9.17) is 26.1 Å². The van der Waals surface area contributed by atoms with Gasteiger partial charge >= 0.3 is 0 Å². The largest absolute Gasteiger partial charge is 0.493 e. The van der Waals surface area contributed by atoms with Gasteiger partial charge in [-0.15, -0.1) is 0 Å². The number of hydrogen-bond donors (Lipinski definition) is 0. The highest BCUT2D eigenvalue weighted by Gasteiger charge is 2.17. The molecule has 0 aliphatic carbocycles. The van der Waals surface area contributed by atoms with E-state index >= 15 is 0 Å². The van der Waals surface area contributed by atoms with Gasteiger partial charge in [-0.05, 0) is 43.2 Å². The van der Waals surface area contributed by atoms with Crippen molar-refractivity contribution in [2.75, 3.05) is 7.11 Å². The van der Waals surface area contributed by atoms with E-state index in [0.717, 1.165) is 22.0 Å². The zero-order valence-corrected chi connectivity index (χ0v) is 22.9. The first-order valence-corrected chi connectivity index (χ1v) is 12.8. The van der Waals surface area contributed by atoms with Crippen molar-refractivity contribution >= 4 is 44.6 Å². The summed E-state index contributed by atoms with van der Waals surface area (Å²) in [7, 11) is 1.56. The molecule has 0 radical (unpaired) electrons. The molecule has 0 fully saturated rings. The predicted molar refractivity (Wildman–Crippen MR) is 149 cm³/mol. The average Bonchev–Trinajstić information content (AvgIpc) is 2.86. The van der Waals surface area contributed by atoms with Gasteiger partial charge < -0.3 is 9.47 Å². The quantitative estimate of drug-likeness (QED) is 0.213. The molecule has 0 saturated heterocycles. The Morgan fingerprint density at radius 3 is 2.72 bits per heavy atom. The molecule has 4 aromatic rings. The van der Waals surface area contributed by atoms with Crippen LogP contribution in [0.1, 0.15) is 48.7 Å². The maximum Gasteiger partial charge on any atom is 0.282 e. The van der Waals surface area contributed by atoms with Crippen LogP contribution in [0, 0.1) is 6.92 Å². The highest BCUT2D eigenvalue weighted by Crippen LogP contribution is 2.34. The first-order chi connectivity index (χ1) is 17.3. The van der Waals surface area contributed by atoms with Crippen molar-refractivity contribution in [3.63, 3.8) is 0 Å². The molecule has 6 nitrogen and oxygen atoms in total. The Morgan fingerprint density at radius 1 is 1.19 bits per heavy atom. The molecular formula is C28H27BrClN3O3. The Hall–Kier alpha value is -3.16. The number of halogens is 2. The Morgan fingerprint density at radius 2 is 2.00 bits per heavy atom. The minimum atomic E-state index is -0.246. The Kier molecular flexibility index (Phi) is 8.11. The fraction of sp³-hybridized carbons (Fsp3) is 0.250. The molecule has 0 aliphatic rings. The van der Waals surface area contributed by atoms with E-state index in [1.54, 1.807) is 31.5 Å². The maximum atomic E-state index is 13.5. The lowest BCUT2D eigenvalue weighted by atomic mass is 10.1. The van der Waals surface area contributed by atoms with Gasteiger partial charge in [0.2, 0.25) is 0 Å². The third-order valence-electron chi connectivity index (χ3n) is 5.93. The second-order valence-corrected chi connectivity index (χ2v) is 9.96. The van der Waals surface area contributed by atoms with Gasteiger partial charge in [-0.1, -0.05) is 71.2 Å². The molecule has 36 heavy (non-hydrogen) atoms. The van der Waals surface area contributed by atoms with E-state index in [1.165, 1.54) is 4.68 Å². The summed E-state index contributed by atoms with van der Waals surface area (Å²) < 4.78 is 13.9. The second-order valence-electron chi connectivity index (χ2n) is 8.61. The van der Waals surface area contributed by atoms with Gasteiger partial charge in [0, 0.05) is 27.0 Å². The molecular weight excluding hydrogens is 542 g/mol. The minimum Gasteiger partial charge on any atom is -0.493 e. The highest BCUT2D eigenvalue weighted by atomic mass is 79.9. The molecule has 1 aromatic heterocycles. The zero-order valence-electron chi connectivity index (χ0n) is 20.6. The molecule has 0 aliphatic heterocycles. The molecule has 8 heteroatoms. The van der Waals surface area contributed by atoms with Gasteiger partial charge in [-0.2, -0.15) is 9.78 Å². The monoisotopic (exact) mass is 567 g/mol. The van der Waals surface area contributed by atoms with Crippen LogP contribution in [0.15, 0.2) is 69.0 Å². The summed E-state index contributed by atoms with van der Waals surface area (Å²) in [5.74, 6) is 1.58. The first kappa shape index (κ1) is 25.9. The minimum absolute atomic E-state index is 0.0221. The normalized spacial score (nSPS) is 12.3.